The van der Waals surface area contributed by atoms with Crippen LogP contribution in [0.5, 0.6) is 0 Å². The number of alkyl halides is 1. The van der Waals surface area contributed by atoms with E-state index >= 15 is 0 Å². The predicted molar refractivity (Wildman–Crippen MR) is 211 cm³/mol. The predicted octanol–water partition coefficient (Wildman–Crippen LogP) is 9.90. The van der Waals surface area contributed by atoms with Crippen LogP contribution in [0.4, 0.5) is 5.69 Å². The van der Waals surface area contributed by atoms with Crippen molar-refractivity contribution in [1.29, 1.82) is 0 Å². The van der Waals surface area contributed by atoms with Crippen molar-refractivity contribution in [3.8, 4) is 0 Å². The zero-order valence-electron chi connectivity index (χ0n) is 29.4. The number of rotatable bonds is 17. The van der Waals surface area contributed by atoms with Crippen molar-refractivity contribution < 1.29 is 9.53 Å². The fourth-order valence-corrected chi connectivity index (χ4v) is 7.72. The zero-order chi connectivity index (χ0) is 37.1. The summed E-state index contributed by atoms with van der Waals surface area (Å²) in [7, 11) is 0. The van der Waals surface area contributed by atoms with Gasteiger partial charge in [0.2, 0.25) is 5.49 Å². The molecule has 1 aliphatic rings. The number of anilines is 1. The van der Waals surface area contributed by atoms with Crippen LogP contribution in [-0.4, -0.2) is 27.6 Å². The number of benzene rings is 3. The molecule has 5 rings (SSSR count). The second-order valence-electron chi connectivity index (χ2n) is 13.2. The van der Waals surface area contributed by atoms with Crippen LogP contribution >= 0.6 is 46.4 Å². The molecule has 3 unspecified atom stereocenters. The van der Waals surface area contributed by atoms with Crippen molar-refractivity contribution in [3.05, 3.63) is 120 Å². The molecule has 0 amide bonds. The molecule has 0 fully saturated rings. The molecule has 3 atom stereocenters. The molecule has 1 N–H and O–H groups in total. The van der Waals surface area contributed by atoms with Gasteiger partial charge in [-0.25, -0.2) is 9.79 Å². The molecule has 8 nitrogen and oxygen atoms in total. The fourth-order valence-electron chi connectivity index (χ4n) is 6.45. The molecule has 274 valence electrons. The minimum absolute atomic E-state index is 0.0106. The number of carbonyl (C=O) groups excluding carboxylic acids is 1. The van der Waals surface area contributed by atoms with Crippen molar-refractivity contribution in [2.75, 3.05) is 5.43 Å². The average Bonchev–Trinajstić information content (AvgIpc) is 3.46. The summed E-state index contributed by atoms with van der Waals surface area (Å²) in [5.41, 5.74) is 2.30. The Labute approximate surface area is 324 Å². The molecule has 0 saturated heterocycles. The van der Waals surface area contributed by atoms with Crippen molar-refractivity contribution in [2.45, 2.75) is 101 Å². The molecule has 1 aromatic heterocycles. The first-order chi connectivity index (χ1) is 25.1. The number of fused-ring (bicyclic) bond motifs is 1. The number of allylic oxidation sites excluding steroid dienone is 2. The Morgan fingerprint density at radius 3 is 2.40 bits per heavy atom. The zero-order valence-corrected chi connectivity index (χ0v) is 32.4. The van der Waals surface area contributed by atoms with Gasteiger partial charge in [0.15, 0.2) is 5.36 Å². The summed E-state index contributed by atoms with van der Waals surface area (Å²) in [6, 6.07) is 16.6. The van der Waals surface area contributed by atoms with Gasteiger partial charge in [-0.3, -0.25) is 10.2 Å². The second-order valence-corrected chi connectivity index (χ2v) is 15.2. The Morgan fingerprint density at radius 2 is 1.65 bits per heavy atom. The molecule has 12 heteroatoms. The SMILES string of the molecule is CCCCCCCCCC(CCC(C)Cl)OC(=O)C1=CC=CC(N=c2nnc(=O)/c2=N\Nc2cccc3ccccc23)(c2c(Cl)cc(Cl)cc2Cl)C1. The first-order valence-electron chi connectivity index (χ1n) is 17.9. The minimum atomic E-state index is -1.39. The van der Waals surface area contributed by atoms with Crippen molar-refractivity contribution in [3.63, 3.8) is 0 Å². The molecule has 52 heavy (non-hydrogen) atoms. The molecule has 4 aromatic rings. The number of esters is 1. The molecule has 1 aliphatic carbocycles. The Morgan fingerprint density at radius 1 is 0.942 bits per heavy atom. The number of unbranched alkanes of at least 4 members (excludes halogenated alkanes) is 6. The molecule has 0 aliphatic heterocycles. The summed E-state index contributed by atoms with van der Waals surface area (Å²) < 4.78 is 6.16. The minimum Gasteiger partial charge on any atom is -0.459 e. The second kappa shape index (κ2) is 19.0. The quantitative estimate of drug-likeness (QED) is 0.0495. The van der Waals surface area contributed by atoms with E-state index in [1.165, 1.54) is 25.7 Å². The van der Waals surface area contributed by atoms with Crippen LogP contribution in [0.25, 0.3) is 10.8 Å². The number of hydrogen-bond acceptors (Lipinski definition) is 8. The maximum Gasteiger partial charge on any atom is 0.334 e. The summed E-state index contributed by atoms with van der Waals surface area (Å²) in [4.78, 5) is 31.9. The van der Waals surface area contributed by atoms with Crippen LogP contribution in [0.3, 0.4) is 0 Å². The van der Waals surface area contributed by atoms with Crippen molar-refractivity contribution in [1.82, 2.24) is 10.2 Å². The molecule has 0 spiro atoms. The number of carbonyl (C=O) groups is 1. The van der Waals surface area contributed by atoms with Gasteiger partial charge < -0.3 is 4.74 Å². The highest BCUT2D eigenvalue weighted by Gasteiger charge is 2.38. The van der Waals surface area contributed by atoms with Crippen LogP contribution in [0.15, 0.2) is 93.3 Å². The lowest BCUT2D eigenvalue weighted by Gasteiger charge is -2.31. The summed E-state index contributed by atoms with van der Waals surface area (Å²) >= 11 is 26.2. The first-order valence-corrected chi connectivity index (χ1v) is 19.4. The van der Waals surface area contributed by atoms with Crippen LogP contribution in [-0.2, 0) is 15.1 Å². The van der Waals surface area contributed by atoms with Crippen LogP contribution in [0.2, 0.25) is 15.1 Å². The highest BCUT2D eigenvalue weighted by molar-refractivity contribution is 6.39. The molecule has 0 bridgehead atoms. The van der Waals surface area contributed by atoms with Crippen molar-refractivity contribution >= 4 is 68.8 Å². The average molecular weight is 784 g/mol. The summed E-state index contributed by atoms with van der Waals surface area (Å²) in [5.74, 6) is -0.471. The van der Waals surface area contributed by atoms with E-state index in [9.17, 15) is 9.59 Å². The first kappa shape index (κ1) is 39.6. The van der Waals surface area contributed by atoms with Gasteiger partial charge in [-0.05, 0) is 56.2 Å². The number of nitrogens with one attached hydrogen (secondary N) is 1. The molecule has 0 saturated carbocycles. The van der Waals surface area contributed by atoms with Crippen LogP contribution in [0.1, 0.15) is 90.0 Å². The van der Waals surface area contributed by atoms with E-state index in [2.05, 4.69) is 27.6 Å². The molecule has 0 radical (unpaired) electrons. The van der Waals surface area contributed by atoms with E-state index in [-0.39, 0.29) is 38.8 Å². The highest BCUT2D eigenvalue weighted by atomic mass is 35.5. The lowest BCUT2D eigenvalue weighted by molar-refractivity contribution is -0.145. The Bertz CT molecular complexity index is 2060. The van der Waals surface area contributed by atoms with E-state index in [0.717, 1.165) is 42.9 Å². The number of nitrogens with zero attached hydrogens (tertiary/aromatic N) is 4. The van der Waals surface area contributed by atoms with Gasteiger partial charge in [0.05, 0.1) is 5.69 Å². The van der Waals surface area contributed by atoms with E-state index in [1.54, 1.807) is 30.4 Å². The van der Waals surface area contributed by atoms with Crippen molar-refractivity contribution in [2.24, 2.45) is 10.1 Å². The number of hydrogen-bond donors (Lipinski definition) is 1. The van der Waals surface area contributed by atoms with Gasteiger partial charge in [0.25, 0.3) is 0 Å². The third-order valence-electron chi connectivity index (χ3n) is 9.15. The normalized spacial score (nSPS) is 17.7. The summed E-state index contributed by atoms with van der Waals surface area (Å²) in [6.45, 7) is 4.15. The smallest absolute Gasteiger partial charge is 0.334 e. The molecule has 1 heterocycles. The fraction of sp³-hybridized carbons (Fsp3) is 0.400. The van der Waals surface area contributed by atoms with Crippen LogP contribution in [0, 0.1) is 0 Å². The van der Waals surface area contributed by atoms with Crippen LogP contribution < -0.4 is 21.8 Å². The largest absolute Gasteiger partial charge is 0.459 e. The third-order valence-corrected chi connectivity index (χ3v) is 10.2. The maximum atomic E-state index is 13.9. The lowest BCUT2D eigenvalue weighted by Crippen LogP contribution is -2.39. The Kier molecular flexibility index (Phi) is 14.5. The lowest BCUT2D eigenvalue weighted by atomic mass is 9.80. The molecule has 3 aromatic carbocycles. The summed E-state index contributed by atoms with van der Waals surface area (Å²) in [5, 5.41) is 14.8. The number of halogens is 4. The van der Waals surface area contributed by atoms with E-state index in [4.69, 9.17) is 56.1 Å². The van der Waals surface area contributed by atoms with Gasteiger partial charge in [0, 0.05) is 43.4 Å². The van der Waals surface area contributed by atoms with Gasteiger partial charge >= 0.3 is 11.5 Å². The highest BCUT2D eigenvalue weighted by Crippen LogP contribution is 2.45. The summed E-state index contributed by atoms with van der Waals surface area (Å²) in [6.07, 6.45) is 15.1. The standard InChI is InChI=1S/C40H43Cl4N5O3/c1-3-4-5-6-7-8-9-17-30(21-20-26(2)41)52-39(51)28-16-13-22-40(25-28,35-32(43)23-29(42)24-33(35)44)45-37-36(38(50)49-48-37)47-46-34-19-12-15-27-14-10-11-18-31(27)34/h10-16,18-19,22-24,26,30,46H,3-9,17,20-21,25H2,1-2H3/b45-37?,47-36-. The monoisotopic (exact) mass is 781 g/mol. The van der Waals surface area contributed by atoms with Gasteiger partial charge in [-0.1, -0.05) is 135 Å². The van der Waals surface area contributed by atoms with E-state index in [0.29, 0.717) is 28.3 Å². The van der Waals surface area contributed by atoms with E-state index < -0.39 is 17.1 Å². The molecular formula is C40H43Cl4N5O3. The number of ether oxygens (including phenoxy) is 1. The maximum absolute atomic E-state index is 13.9. The van der Waals surface area contributed by atoms with Gasteiger partial charge in [-0.15, -0.1) is 21.8 Å². The third kappa shape index (κ3) is 10.3. The molecular weight excluding hydrogens is 740 g/mol. The van der Waals surface area contributed by atoms with Gasteiger partial charge in [-0.2, -0.15) is 5.10 Å². The Balaban J connectivity index is 1.47. The Hall–Kier alpha value is -3.56. The number of aromatic nitrogens is 2. The van der Waals surface area contributed by atoms with E-state index in [1.807, 2.05) is 49.4 Å². The van der Waals surface area contributed by atoms with Gasteiger partial charge in [0.1, 0.15) is 11.6 Å². The topological polar surface area (TPSA) is 106 Å².